The summed E-state index contributed by atoms with van der Waals surface area (Å²) in [5, 5.41) is 12.7. The van der Waals surface area contributed by atoms with Crippen molar-refractivity contribution >= 4 is 16.9 Å². The highest BCUT2D eigenvalue weighted by molar-refractivity contribution is 5.88. The predicted molar refractivity (Wildman–Crippen MR) is 65.8 cm³/mol. The number of aromatic nitrogens is 2. The van der Waals surface area contributed by atoms with Crippen molar-refractivity contribution in [2.75, 3.05) is 0 Å². The topological polar surface area (TPSA) is 79.1 Å². The van der Waals surface area contributed by atoms with E-state index in [2.05, 4.69) is 14.7 Å². The molecule has 0 aliphatic heterocycles. The van der Waals surface area contributed by atoms with Crippen LogP contribution in [0.5, 0.6) is 0 Å². The molecule has 0 spiro atoms. The minimum absolute atomic E-state index is 0.240. The van der Waals surface area contributed by atoms with E-state index in [1.54, 1.807) is 0 Å². The minimum Gasteiger partial charge on any atom is -0.475 e. The van der Waals surface area contributed by atoms with Gasteiger partial charge in [0.05, 0.1) is 0 Å². The maximum absolute atomic E-state index is 12.6. The van der Waals surface area contributed by atoms with E-state index in [9.17, 15) is 18.0 Å². The number of alkyl halides is 3. The number of halogens is 3. The van der Waals surface area contributed by atoms with Gasteiger partial charge in [-0.25, -0.2) is 4.79 Å². The van der Waals surface area contributed by atoms with Crippen molar-refractivity contribution in [3.8, 4) is 11.3 Å². The predicted octanol–water partition coefficient (Wildman–Crippen LogP) is 3.54. The molecule has 0 aliphatic carbocycles. The normalized spacial score (nSPS) is 12.0. The first-order valence-corrected chi connectivity index (χ1v) is 5.75. The average Bonchev–Trinajstić information content (AvgIpc) is 3.04. The summed E-state index contributed by atoms with van der Waals surface area (Å²) in [4.78, 5) is 13.0. The highest BCUT2D eigenvalue weighted by atomic mass is 19.4. The van der Waals surface area contributed by atoms with Gasteiger partial charge in [-0.15, -0.1) is 0 Å². The first-order chi connectivity index (χ1) is 9.84. The molecule has 0 atom stereocenters. The maximum atomic E-state index is 12.6. The lowest BCUT2D eigenvalue weighted by Gasteiger charge is -2.00. The van der Waals surface area contributed by atoms with Gasteiger partial charge in [-0.1, -0.05) is 11.2 Å². The summed E-state index contributed by atoms with van der Waals surface area (Å²) in [6.45, 7) is 0. The highest BCUT2D eigenvalue weighted by Crippen LogP contribution is 2.32. The fraction of sp³-hybridized carbons (Fsp3) is 0.0769. The van der Waals surface area contributed by atoms with Gasteiger partial charge in [0.15, 0.2) is 0 Å². The summed E-state index contributed by atoms with van der Waals surface area (Å²) in [5.74, 6) is -1.61. The summed E-state index contributed by atoms with van der Waals surface area (Å²) >= 11 is 0. The molecule has 0 aliphatic rings. The lowest BCUT2D eigenvalue weighted by Crippen LogP contribution is -2.04. The van der Waals surface area contributed by atoms with Crippen molar-refractivity contribution in [1.29, 1.82) is 0 Å². The Morgan fingerprint density at radius 1 is 1.24 bits per heavy atom. The fourth-order valence-electron chi connectivity index (χ4n) is 1.96. The monoisotopic (exact) mass is 296 g/mol. The molecule has 3 aromatic rings. The van der Waals surface area contributed by atoms with Crippen LogP contribution in [0.25, 0.3) is 22.2 Å². The first kappa shape index (κ1) is 13.2. The lowest BCUT2D eigenvalue weighted by molar-refractivity contribution is -0.140. The van der Waals surface area contributed by atoms with Gasteiger partial charge in [0.25, 0.3) is 0 Å². The van der Waals surface area contributed by atoms with Crippen LogP contribution in [0, 0.1) is 0 Å². The Labute approximate surface area is 115 Å². The molecule has 0 fully saturated rings. The van der Waals surface area contributed by atoms with E-state index in [0.717, 1.165) is 6.07 Å². The zero-order valence-electron chi connectivity index (χ0n) is 10.2. The summed E-state index contributed by atoms with van der Waals surface area (Å²) in [7, 11) is 0. The van der Waals surface area contributed by atoms with E-state index < -0.39 is 17.8 Å². The largest absolute Gasteiger partial charge is 0.475 e. The summed E-state index contributed by atoms with van der Waals surface area (Å²) in [5.41, 5.74) is 0.185. The molecule has 0 amide bonds. The van der Waals surface area contributed by atoms with E-state index in [-0.39, 0.29) is 11.5 Å². The van der Waals surface area contributed by atoms with Crippen LogP contribution in [-0.4, -0.2) is 21.2 Å². The number of hydrogen-bond donors (Lipinski definition) is 2. The number of fused-ring (bicyclic) bond motifs is 1. The molecular weight excluding hydrogens is 289 g/mol. The van der Waals surface area contributed by atoms with Crippen LogP contribution in [0.2, 0.25) is 0 Å². The third-order valence-electron chi connectivity index (χ3n) is 2.94. The number of benzene rings is 1. The molecule has 0 saturated heterocycles. The lowest BCUT2D eigenvalue weighted by atomic mass is 10.1. The van der Waals surface area contributed by atoms with E-state index in [1.807, 2.05) is 0 Å². The molecule has 0 radical (unpaired) electrons. The molecule has 1 aromatic carbocycles. The van der Waals surface area contributed by atoms with Gasteiger partial charge < -0.3 is 14.6 Å². The van der Waals surface area contributed by atoms with Crippen LogP contribution in [0.15, 0.2) is 34.9 Å². The number of aromatic carboxylic acids is 1. The van der Waals surface area contributed by atoms with Gasteiger partial charge in [-0.2, -0.15) is 13.2 Å². The first-order valence-electron chi connectivity index (χ1n) is 5.75. The van der Waals surface area contributed by atoms with Gasteiger partial charge in [0, 0.05) is 22.5 Å². The standard InChI is InChI=1S/C13H7F3N2O3/c14-13(15,16)11-4-7-3-6(1-2-8(7)17-11)9-5-10(12(19)20)21-18-9/h1-5,17H,(H,19,20). The number of aromatic amines is 1. The SMILES string of the molecule is O=C(O)c1cc(-c2ccc3[nH]c(C(F)(F)F)cc3c2)no1. The van der Waals surface area contributed by atoms with E-state index in [0.29, 0.717) is 16.5 Å². The van der Waals surface area contributed by atoms with Crippen molar-refractivity contribution in [2.24, 2.45) is 0 Å². The number of H-pyrrole nitrogens is 1. The summed E-state index contributed by atoms with van der Waals surface area (Å²) in [6, 6.07) is 6.67. The summed E-state index contributed by atoms with van der Waals surface area (Å²) in [6.07, 6.45) is -4.45. The van der Waals surface area contributed by atoms with Crippen molar-refractivity contribution in [2.45, 2.75) is 6.18 Å². The van der Waals surface area contributed by atoms with E-state index in [4.69, 9.17) is 5.11 Å². The van der Waals surface area contributed by atoms with E-state index >= 15 is 0 Å². The number of nitrogens with zero attached hydrogens (tertiary/aromatic N) is 1. The number of nitrogens with one attached hydrogen (secondary N) is 1. The summed E-state index contributed by atoms with van der Waals surface area (Å²) < 4.78 is 42.5. The highest BCUT2D eigenvalue weighted by Gasteiger charge is 2.32. The molecular formula is C13H7F3N2O3. The van der Waals surface area contributed by atoms with Crippen LogP contribution < -0.4 is 0 Å². The molecule has 0 saturated carbocycles. The van der Waals surface area contributed by atoms with Crippen LogP contribution in [-0.2, 0) is 6.18 Å². The Balaban J connectivity index is 2.05. The second-order valence-corrected chi connectivity index (χ2v) is 4.36. The van der Waals surface area contributed by atoms with Crippen LogP contribution in [0.4, 0.5) is 13.2 Å². The Hall–Kier alpha value is -2.77. The van der Waals surface area contributed by atoms with Crippen LogP contribution >= 0.6 is 0 Å². The van der Waals surface area contributed by atoms with Gasteiger partial charge in [-0.05, 0) is 18.2 Å². The third kappa shape index (κ3) is 2.35. The number of carbonyl (C=O) groups is 1. The Morgan fingerprint density at radius 2 is 2.00 bits per heavy atom. The average molecular weight is 296 g/mol. The minimum atomic E-state index is -4.45. The zero-order valence-corrected chi connectivity index (χ0v) is 10.2. The Morgan fingerprint density at radius 3 is 2.62 bits per heavy atom. The molecule has 108 valence electrons. The molecule has 8 heteroatoms. The van der Waals surface area contributed by atoms with Crippen molar-refractivity contribution in [3.63, 3.8) is 0 Å². The number of carboxylic acids is 1. The zero-order chi connectivity index (χ0) is 15.2. The smallest absolute Gasteiger partial charge is 0.431 e. The van der Waals surface area contributed by atoms with Gasteiger partial charge in [0.2, 0.25) is 5.76 Å². The molecule has 0 unspecified atom stereocenters. The van der Waals surface area contributed by atoms with Gasteiger partial charge >= 0.3 is 12.1 Å². The van der Waals surface area contributed by atoms with Crippen LogP contribution in [0.3, 0.4) is 0 Å². The molecule has 3 rings (SSSR count). The molecule has 2 aromatic heterocycles. The third-order valence-corrected chi connectivity index (χ3v) is 2.94. The quantitative estimate of drug-likeness (QED) is 0.758. The number of carboxylic acid groups (broad SMARTS) is 1. The molecule has 21 heavy (non-hydrogen) atoms. The van der Waals surface area contributed by atoms with Crippen molar-refractivity contribution in [3.05, 3.63) is 41.8 Å². The second-order valence-electron chi connectivity index (χ2n) is 4.36. The second kappa shape index (κ2) is 4.37. The van der Waals surface area contributed by atoms with E-state index in [1.165, 1.54) is 24.3 Å². The van der Waals surface area contributed by atoms with Crippen molar-refractivity contribution in [1.82, 2.24) is 10.1 Å². The fourth-order valence-corrected chi connectivity index (χ4v) is 1.96. The van der Waals surface area contributed by atoms with Crippen LogP contribution in [0.1, 0.15) is 16.2 Å². The number of hydrogen-bond acceptors (Lipinski definition) is 3. The van der Waals surface area contributed by atoms with Gasteiger partial charge in [-0.3, -0.25) is 0 Å². The molecule has 5 nitrogen and oxygen atoms in total. The molecule has 2 heterocycles. The Bertz CT molecular complexity index is 833. The maximum Gasteiger partial charge on any atom is 0.431 e. The van der Waals surface area contributed by atoms with Crippen molar-refractivity contribution < 1.29 is 27.6 Å². The molecule has 0 bridgehead atoms. The van der Waals surface area contributed by atoms with Gasteiger partial charge in [0.1, 0.15) is 11.4 Å². The Kier molecular flexibility index (Phi) is 2.75. The number of rotatable bonds is 2. The molecule has 2 N–H and O–H groups in total.